The summed E-state index contributed by atoms with van der Waals surface area (Å²) in [7, 11) is 2.69. The van der Waals surface area contributed by atoms with Crippen molar-refractivity contribution in [2.75, 3.05) is 20.7 Å². The zero-order chi connectivity index (χ0) is 40.6. The fourth-order valence-corrected chi connectivity index (χ4v) is 6.78. The molecule has 0 saturated carbocycles. The minimum Gasteiger partial charge on any atom is -0.453 e. The maximum absolute atomic E-state index is 13.8. The maximum Gasteiger partial charge on any atom is 0.408 e. The molecule has 0 aliphatic carbocycles. The lowest BCUT2D eigenvalue weighted by molar-refractivity contribution is -0.141. The fourth-order valence-electron chi connectivity index (χ4n) is 6.78. The molecule has 1 aliphatic rings. The number of benzene rings is 3. The number of nitrogens with zero attached hydrogens (tertiary/aromatic N) is 5. The van der Waals surface area contributed by atoms with Gasteiger partial charge in [-0.2, -0.15) is 0 Å². The van der Waals surface area contributed by atoms with Gasteiger partial charge in [-0.15, -0.1) is 0 Å². The van der Waals surface area contributed by atoms with Crippen molar-refractivity contribution >= 4 is 24.0 Å². The normalized spacial score (nSPS) is 15.2. The van der Waals surface area contributed by atoms with Gasteiger partial charge in [-0.1, -0.05) is 84.9 Å². The van der Waals surface area contributed by atoms with Gasteiger partial charge in [0, 0.05) is 24.7 Å². The van der Waals surface area contributed by atoms with E-state index in [1.54, 1.807) is 85.1 Å². The summed E-state index contributed by atoms with van der Waals surface area (Å²) in [4.78, 5) is 77.9. The average Bonchev–Trinajstić information content (AvgIpc) is 4.07. The average molecular weight is 783 g/mol. The summed E-state index contributed by atoms with van der Waals surface area (Å²) in [5.74, 6) is 0.418. The third-order valence-corrected chi connectivity index (χ3v) is 9.83. The summed E-state index contributed by atoms with van der Waals surface area (Å²) >= 11 is 0. The van der Waals surface area contributed by atoms with Crippen molar-refractivity contribution < 1.29 is 28.7 Å². The summed E-state index contributed by atoms with van der Waals surface area (Å²) in [6.07, 6.45) is 5.70. The van der Waals surface area contributed by atoms with Gasteiger partial charge in [0.25, 0.3) is 5.91 Å². The van der Waals surface area contributed by atoms with Crippen LogP contribution in [0.1, 0.15) is 66.8 Å². The van der Waals surface area contributed by atoms with Crippen LogP contribution in [0.25, 0.3) is 33.9 Å². The highest BCUT2D eigenvalue weighted by atomic mass is 16.6. The van der Waals surface area contributed by atoms with E-state index in [0.29, 0.717) is 52.8 Å². The number of amides is 4. The van der Waals surface area contributed by atoms with Crippen LogP contribution in [0.2, 0.25) is 0 Å². The molecule has 16 heteroatoms. The number of aromatic nitrogens is 6. The second-order valence-electron chi connectivity index (χ2n) is 13.6. The number of rotatable bonds is 12. The number of methoxy groups -OCH3 is 1. The number of hydrogen-bond acceptors (Lipinski definition) is 10. The quantitative estimate of drug-likeness (QED) is 0.0984. The molecule has 1 saturated heterocycles. The van der Waals surface area contributed by atoms with E-state index in [-0.39, 0.29) is 11.9 Å². The summed E-state index contributed by atoms with van der Waals surface area (Å²) in [5.41, 5.74) is 5.58. The highest BCUT2D eigenvalue weighted by molar-refractivity contribution is 5.87. The Bertz CT molecular complexity index is 2350. The summed E-state index contributed by atoms with van der Waals surface area (Å²) in [5, 5.41) is 7.91. The van der Waals surface area contributed by atoms with Crippen LogP contribution in [0.3, 0.4) is 0 Å². The van der Waals surface area contributed by atoms with Gasteiger partial charge in [-0.25, -0.2) is 19.6 Å². The predicted octanol–water partition coefficient (Wildman–Crippen LogP) is 5.96. The van der Waals surface area contributed by atoms with Crippen molar-refractivity contribution in [3.63, 3.8) is 0 Å². The van der Waals surface area contributed by atoms with E-state index in [2.05, 4.69) is 45.9 Å². The van der Waals surface area contributed by atoms with Gasteiger partial charge in [-0.05, 0) is 30.9 Å². The van der Waals surface area contributed by atoms with Gasteiger partial charge < -0.3 is 40.3 Å². The molecule has 16 nitrogen and oxygen atoms in total. The number of aromatic amines is 2. The molecular formula is C42H42N10O6. The molecule has 58 heavy (non-hydrogen) atoms. The largest absolute Gasteiger partial charge is 0.453 e. The molecule has 296 valence electrons. The highest BCUT2D eigenvalue weighted by Crippen LogP contribution is 2.35. The predicted molar refractivity (Wildman–Crippen MR) is 212 cm³/mol. The van der Waals surface area contributed by atoms with Crippen molar-refractivity contribution in [3.8, 4) is 33.9 Å². The highest BCUT2D eigenvalue weighted by Gasteiger charge is 2.38. The van der Waals surface area contributed by atoms with E-state index < -0.39 is 36.3 Å². The summed E-state index contributed by atoms with van der Waals surface area (Å²) in [6.45, 7) is 2.29. The Morgan fingerprint density at radius 2 is 1.40 bits per heavy atom. The molecule has 1 unspecified atom stereocenters. The van der Waals surface area contributed by atoms with Gasteiger partial charge >= 0.3 is 12.2 Å². The molecule has 0 radical (unpaired) electrons. The molecule has 1 fully saturated rings. The second-order valence-corrected chi connectivity index (χ2v) is 13.6. The van der Waals surface area contributed by atoms with Gasteiger partial charge in [0.15, 0.2) is 0 Å². The minimum atomic E-state index is -1.08. The van der Waals surface area contributed by atoms with Crippen LogP contribution < -0.4 is 16.0 Å². The first kappa shape index (κ1) is 38.9. The number of carbonyl (C=O) groups excluding carboxylic acids is 4. The van der Waals surface area contributed by atoms with Crippen molar-refractivity contribution in [3.05, 3.63) is 132 Å². The Morgan fingerprint density at radius 1 is 0.741 bits per heavy atom. The van der Waals surface area contributed by atoms with Crippen LogP contribution >= 0.6 is 0 Å². The van der Waals surface area contributed by atoms with E-state index in [9.17, 15) is 19.2 Å². The molecule has 3 aromatic carbocycles. The van der Waals surface area contributed by atoms with Crippen LogP contribution in [0.15, 0.2) is 110 Å². The third-order valence-electron chi connectivity index (χ3n) is 9.83. The van der Waals surface area contributed by atoms with Crippen LogP contribution in [0.4, 0.5) is 9.59 Å². The summed E-state index contributed by atoms with van der Waals surface area (Å²) in [6, 6.07) is 23.9. The standard InChI is InChI=1S/C42H42N10O6/c1-25(48-39(53)35(51-42(56)57-3)28-11-6-4-7-12-28)37-46-24-33(50-37)32-23-44-30(21-45-32)26-16-18-27(19-17-26)31-22-47-38(49-31)34-15-10-20-52(34)40(54)36(58-41(55)43-2)29-13-8-5-9-14-29/h4-9,11-14,16-19,21-25,34-36H,10,15,20H2,1-3H3,(H,43,55)(H,46,50)(H,47,49)(H,48,53)(H,51,56)/t25-,34+,35-,36?/m1/s1. The first-order valence-electron chi connectivity index (χ1n) is 18.7. The Kier molecular flexibility index (Phi) is 11.8. The zero-order valence-electron chi connectivity index (χ0n) is 32.0. The minimum absolute atomic E-state index is 0.302. The topological polar surface area (TPSA) is 209 Å². The number of imidazole rings is 2. The second kappa shape index (κ2) is 17.6. The Hall–Kier alpha value is -7.36. The molecule has 6 aromatic rings. The van der Waals surface area contributed by atoms with Crippen LogP contribution in [-0.2, 0) is 19.1 Å². The van der Waals surface area contributed by atoms with Crippen molar-refractivity contribution in [2.24, 2.45) is 0 Å². The number of nitrogens with one attached hydrogen (secondary N) is 5. The molecule has 3 aromatic heterocycles. The first-order valence-corrected chi connectivity index (χ1v) is 18.7. The number of alkyl carbamates (subject to hydrolysis) is 2. The van der Waals surface area contributed by atoms with E-state index in [1.807, 2.05) is 36.4 Å². The molecule has 0 spiro atoms. The number of carbonyl (C=O) groups is 4. The summed E-state index contributed by atoms with van der Waals surface area (Å²) < 4.78 is 10.3. The van der Waals surface area contributed by atoms with E-state index >= 15 is 0 Å². The Labute approximate surface area is 333 Å². The molecule has 5 N–H and O–H groups in total. The number of hydrogen-bond donors (Lipinski definition) is 5. The van der Waals surface area contributed by atoms with Gasteiger partial charge in [0.05, 0.1) is 61.1 Å². The molecule has 7 rings (SSSR count). The lowest BCUT2D eigenvalue weighted by Crippen LogP contribution is -2.41. The van der Waals surface area contributed by atoms with Crippen LogP contribution in [-0.4, -0.2) is 79.5 Å². The van der Waals surface area contributed by atoms with Crippen LogP contribution in [0, 0.1) is 0 Å². The number of ether oxygens (including phenoxy) is 2. The lowest BCUT2D eigenvalue weighted by Gasteiger charge is -2.28. The first-order chi connectivity index (χ1) is 28.2. The maximum atomic E-state index is 13.8. The fraction of sp³-hybridized carbons (Fsp3) is 0.238. The third kappa shape index (κ3) is 8.70. The molecule has 4 amide bonds. The van der Waals surface area contributed by atoms with Gasteiger partial charge in [0.1, 0.15) is 23.4 Å². The van der Waals surface area contributed by atoms with Crippen LogP contribution in [0.5, 0.6) is 0 Å². The van der Waals surface area contributed by atoms with Crippen molar-refractivity contribution in [1.29, 1.82) is 0 Å². The molecule has 4 heterocycles. The lowest BCUT2D eigenvalue weighted by atomic mass is 10.1. The van der Waals surface area contributed by atoms with Crippen molar-refractivity contribution in [2.45, 2.75) is 44.0 Å². The van der Waals surface area contributed by atoms with Gasteiger partial charge in [0.2, 0.25) is 12.0 Å². The monoisotopic (exact) mass is 782 g/mol. The van der Waals surface area contributed by atoms with E-state index in [4.69, 9.17) is 9.47 Å². The Morgan fingerprint density at radius 3 is 2.07 bits per heavy atom. The number of H-pyrrole nitrogens is 2. The van der Waals surface area contributed by atoms with Gasteiger partial charge in [-0.3, -0.25) is 19.6 Å². The van der Waals surface area contributed by atoms with E-state index in [0.717, 1.165) is 23.2 Å². The molecule has 0 bridgehead atoms. The molecular weight excluding hydrogens is 741 g/mol. The Balaban J connectivity index is 0.990. The zero-order valence-corrected chi connectivity index (χ0v) is 32.0. The molecule has 1 aliphatic heterocycles. The van der Waals surface area contributed by atoms with E-state index in [1.165, 1.54) is 14.2 Å². The smallest absolute Gasteiger partial charge is 0.408 e. The number of likely N-dealkylation sites (tertiary alicyclic amines) is 1. The molecule has 4 atom stereocenters. The SMILES string of the molecule is CNC(=O)OC(C(=O)N1CCC[C@H]1c1ncc(-c2ccc(-c3cnc(-c4cnc([C@@H](C)NC(=O)[C@H](NC(=O)OC)c5ccccc5)[nH]4)cn3)cc2)[nH]1)c1ccccc1. The van der Waals surface area contributed by atoms with Crippen molar-refractivity contribution in [1.82, 2.24) is 50.8 Å².